The minimum atomic E-state index is -0.592. The van der Waals surface area contributed by atoms with E-state index in [2.05, 4.69) is 77.2 Å². The number of para-hydroxylation sites is 2. The van der Waals surface area contributed by atoms with Crippen LogP contribution in [0.2, 0.25) is 0 Å². The molecule has 0 saturated heterocycles. The van der Waals surface area contributed by atoms with E-state index >= 15 is 0 Å². The summed E-state index contributed by atoms with van der Waals surface area (Å²) in [7, 11) is 0. The monoisotopic (exact) mass is 436 g/mol. The number of ether oxygens (including phenoxy) is 2. The Hall–Kier alpha value is -2.27. The fraction of sp³-hybridized carbons (Fsp3) is 0.0909. The molecule has 25 heavy (non-hydrogen) atoms. The molecule has 0 fully saturated rings. The van der Waals surface area contributed by atoms with Crippen molar-refractivity contribution < 1.29 is 9.47 Å². The Morgan fingerprint density at radius 3 is 2.32 bits per heavy atom. The van der Waals surface area contributed by atoms with Crippen molar-refractivity contribution in [3.05, 3.63) is 95.1 Å². The zero-order chi connectivity index (χ0) is 16.6. The molecule has 3 aromatic carbocycles. The highest BCUT2D eigenvalue weighted by molar-refractivity contribution is 14.1. The third-order valence-corrected chi connectivity index (χ3v) is 6.52. The van der Waals surface area contributed by atoms with Crippen LogP contribution in [0, 0.1) is 0 Å². The molecule has 0 amide bonds. The van der Waals surface area contributed by atoms with Crippen molar-refractivity contribution in [3.8, 4) is 11.5 Å². The number of hydrogen-bond donors (Lipinski definition) is 0. The van der Waals surface area contributed by atoms with Crippen LogP contribution in [0.15, 0.2) is 72.8 Å². The molecule has 2 heterocycles. The first-order valence-corrected chi connectivity index (χ1v) is 9.43. The predicted molar refractivity (Wildman–Crippen MR) is 106 cm³/mol. The summed E-state index contributed by atoms with van der Waals surface area (Å²) in [6, 6.07) is 25.1. The molecular weight excluding hydrogens is 423 g/mol. The van der Waals surface area contributed by atoms with Gasteiger partial charge >= 0.3 is 0 Å². The summed E-state index contributed by atoms with van der Waals surface area (Å²) in [5, 5.41) is 0. The number of halogens is 1. The minimum absolute atomic E-state index is 0.165. The summed E-state index contributed by atoms with van der Waals surface area (Å²) >= 11 is 2.47. The molecule has 3 heteroatoms. The van der Waals surface area contributed by atoms with E-state index in [-0.39, 0.29) is 6.10 Å². The van der Waals surface area contributed by atoms with E-state index in [1.807, 2.05) is 18.2 Å². The van der Waals surface area contributed by atoms with Crippen LogP contribution in [0.4, 0.5) is 0 Å². The van der Waals surface area contributed by atoms with Gasteiger partial charge in [0.1, 0.15) is 11.5 Å². The van der Waals surface area contributed by atoms with Gasteiger partial charge in [-0.05, 0) is 40.3 Å². The van der Waals surface area contributed by atoms with Crippen LogP contribution in [0.3, 0.4) is 0 Å². The normalized spacial score (nSPS) is 24.4. The van der Waals surface area contributed by atoms with Crippen molar-refractivity contribution in [2.75, 3.05) is 0 Å². The lowest BCUT2D eigenvalue weighted by Gasteiger charge is -2.39. The van der Waals surface area contributed by atoms with Gasteiger partial charge in [-0.15, -0.1) is 0 Å². The molecule has 1 aliphatic carbocycles. The van der Waals surface area contributed by atoms with Gasteiger partial charge in [0.2, 0.25) is 5.60 Å². The average molecular weight is 436 g/mol. The third-order valence-electron chi connectivity index (χ3n) is 5.40. The minimum Gasteiger partial charge on any atom is -0.480 e. The predicted octanol–water partition coefficient (Wildman–Crippen LogP) is 5.72. The third kappa shape index (κ3) is 1.56. The molecule has 1 spiro atoms. The molecule has 0 saturated carbocycles. The second-order valence-electron chi connectivity index (χ2n) is 6.60. The van der Waals surface area contributed by atoms with E-state index in [1.165, 1.54) is 20.3 Å². The molecular formula is C22H13IO2. The largest absolute Gasteiger partial charge is 0.480 e. The zero-order valence-corrected chi connectivity index (χ0v) is 15.4. The highest BCUT2D eigenvalue weighted by Gasteiger charge is 2.61. The van der Waals surface area contributed by atoms with Gasteiger partial charge in [0.05, 0.1) is 0 Å². The van der Waals surface area contributed by atoms with Crippen molar-refractivity contribution in [3.63, 3.8) is 0 Å². The summed E-state index contributed by atoms with van der Waals surface area (Å²) in [6.07, 6.45) is -0.165. The summed E-state index contributed by atoms with van der Waals surface area (Å²) in [4.78, 5) is 0. The molecule has 2 atom stereocenters. The quantitative estimate of drug-likeness (QED) is 0.420. The summed E-state index contributed by atoms with van der Waals surface area (Å²) < 4.78 is 14.5. The first kappa shape index (κ1) is 14.0. The lowest BCUT2D eigenvalue weighted by Crippen LogP contribution is -2.40. The number of hydrogen-bond acceptors (Lipinski definition) is 2. The van der Waals surface area contributed by atoms with Crippen molar-refractivity contribution in [2.24, 2.45) is 0 Å². The second kappa shape index (κ2) is 4.67. The second-order valence-corrected chi connectivity index (χ2v) is 7.68. The van der Waals surface area contributed by atoms with Crippen molar-refractivity contribution in [1.29, 1.82) is 0 Å². The van der Waals surface area contributed by atoms with E-state index < -0.39 is 5.60 Å². The van der Waals surface area contributed by atoms with Gasteiger partial charge in [-0.25, -0.2) is 0 Å². The maximum atomic E-state index is 6.69. The van der Waals surface area contributed by atoms with Crippen molar-refractivity contribution in [1.82, 2.24) is 0 Å². The SMILES string of the molecule is IC1=C2c3ccccc3OC3c4ccccc4OC23c2ccccc21. The Labute approximate surface area is 159 Å². The van der Waals surface area contributed by atoms with Crippen LogP contribution in [-0.4, -0.2) is 0 Å². The van der Waals surface area contributed by atoms with E-state index in [4.69, 9.17) is 9.47 Å². The highest BCUT2D eigenvalue weighted by atomic mass is 127. The highest BCUT2D eigenvalue weighted by Crippen LogP contribution is 2.67. The Bertz CT molecular complexity index is 1080. The lowest BCUT2D eigenvalue weighted by atomic mass is 9.78. The molecule has 0 aromatic heterocycles. The summed E-state index contributed by atoms with van der Waals surface area (Å²) in [5.41, 5.74) is 5.34. The number of rotatable bonds is 0. The Morgan fingerprint density at radius 2 is 1.44 bits per heavy atom. The zero-order valence-electron chi connectivity index (χ0n) is 13.2. The Balaban J connectivity index is 1.75. The first-order valence-electron chi connectivity index (χ1n) is 8.35. The fourth-order valence-electron chi connectivity index (χ4n) is 4.41. The fourth-order valence-corrected chi connectivity index (χ4v) is 5.57. The number of fused-ring (bicyclic) bond motifs is 5. The van der Waals surface area contributed by atoms with Gasteiger partial charge in [-0.3, -0.25) is 0 Å². The average Bonchev–Trinajstić information content (AvgIpc) is 3.12. The Kier molecular flexibility index (Phi) is 2.61. The van der Waals surface area contributed by atoms with Gasteiger partial charge in [0.15, 0.2) is 6.10 Å². The van der Waals surface area contributed by atoms with Gasteiger partial charge < -0.3 is 9.47 Å². The van der Waals surface area contributed by atoms with Crippen molar-refractivity contribution >= 4 is 31.7 Å². The molecule has 3 aliphatic rings. The van der Waals surface area contributed by atoms with E-state index in [0.29, 0.717) is 0 Å². The maximum Gasteiger partial charge on any atom is 0.202 e. The van der Waals surface area contributed by atoms with Crippen LogP contribution < -0.4 is 9.47 Å². The van der Waals surface area contributed by atoms with Gasteiger partial charge in [0.25, 0.3) is 0 Å². The van der Waals surface area contributed by atoms with E-state index in [9.17, 15) is 0 Å². The molecule has 3 aromatic rings. The van der Waals surface area contributed by atoms with Crippen LogP contribution in [0.1, 0.15) is 28.4 Å². The smallest absolute Gasteiger partial charge is 0.202 e. The molecule has 0 radical (unpaired) electrons. The van der Waals surface area contributed by atoms with Crippen LogP contribution in [0.25, 0.3) is 9.15 Å². The van der Waals surface area contributed by atoms with Crippen LogP contribution in [0.5, 0.6) is 11.5 Å². The van der Waals surface area contributed by atoms with Gasteiger partial charge in [-0.2, -0.15) is 0 Å². The maximum absolute atomic E-state index is 6.69. The van der Waals surface area contributed by atoms with Gasteiger partial charge in [-0.1, -0.05) is 60.7 Å². The summed E-state index contributed by atoms with van der Waals surface area (Å²) in [5.74, 6) is 1.85. The van der Waals surface area contributed by atoms with E-state index in [1.54, 1.807) is 0 Å². The van der Waals surface area contributed by atoms with Crippen molar-refractivity contribution in [2.45, 2.75) is 11.7 Å². The summed E-state index contributed by atoms with van der Waals surface area (Å²) in [6.45, 7) is 0. The lowest BCUT2D eigenvalue weighted by molar-refractivity contribution is 0.0233. The molecule has 120 valence electrons. The van der Waals surface area contributed by atoms with E-state index in [0.717, 1.165) is 22.6 Å². The molecule has 0 N–H and O–H groups in total. The van der Waals surface area contributed by atoms with Gasteiger partial charge in [0, 0.05) is 25.8 Å². The van der Waals surface area contributed by atoms with Crippen LogP contribution >= 0.6 is 22.6 Å². The Morgan fingerprint density at radius 1 is 0.760 bits per heavy atom. The number of benzene rings is 3. The van der Waals surface area contributed by atoms with Crippen LogP contribution in [-0.2, 0) is 5.60 Å². The first-order chi connectivity index (χ1) is 12.3. The molecule has 2 unspecified atom stereocenters. The standard InChI is InChI=1S/C22H13IO2/c23-20-13-7-1-4-10-16(13)22-19(20)14-8-2-5-11-17(14)24-21(22)15-9-3-6-12-18(15)25-22/h1-12,21H. The molecule has 0 bridgehead atoms. The molecule has 6 rings (SSSR count). The molecule has 2 aliphatic heterocycles. The molecule has 2 nitrogen and oxygen atoms in total. The topological polar surface area (TPSA) is 18.5 Å².